The van der Waals surface area contributed by atoms with E-state index in [4.69, 9.17) is 0 Å². The van der Waals surface area contributed by atoms with Crippen LogP contribution in [0, 0.1) is 10.1 Å². The molecule has 2 aromatic carbocycles. The maximum absolute atomic E-state index is 11.8. The topological polar surface area (TPSA) is 136 Å². The lowest BCUT2D eigenvalue weighted by Gasteiger charge is -2.00. The molecule has 1 amide bonds. The van der Waals surface area contributed by atoms with Crippen LogP contribution >= 0.6 is 0 Å². The quantitative estimate of drug-likeness (QED) is 0.407. The number of amides is 1. The number of phenolic OH excluding ortho intramolecular Hbond substituents is 1. The van der Waals surface area contributed by atoms with Gasteiger partial charge in [-0.2, -0.15) is 20.1 Å². The number of aromatic nitrogens is 3. The second-order valence-corrected chi connectivity index (χ2v) is 5.01. The van der Waals surface area contributed by atoms with Crippen LogP contribution in [0.3, 0.4) is 0 Å². The fraction of sp³-hybridized carbons (Fsp3) is 0.0667. The minimum atomic E-state index is -0.594. The molecule has 0 unspecified atom stereocenters. The number of non-ortho nitro benzene ring substituents is 1. The van der Waals surface area contributed by atoms with Crippen molar-refractivity contribution in [3.8, 4) is 5.75 Å². The molecule has 0 spiro atoms. The largest absolute Gasteiger partial charge is 0.507 e. The molecule has 10 heteroatoms. The number of nitro benzene ring substituents is 1. The molecule has 0 saturated heterocycles. The van der Waals surface area contributed by atoms with Crippen molar-refractivity contribution in [2.75, 3.05) is 0 Å². The van der Waals surface area contributed by atoms with Gasteiger partial charge in [0.05, 0.1) is 11.1 Å². The fourth-order valence-electron chi connectivity index (χ4n) is 2.07. The Labute approximate surface area is 140 Å². The van der Waals surface area contributed by atoms with Gasteiger partial charge in [0.1, 0.15) is 23.3 Å². The summed E-state index contributed by atoms with van der Waals surface area (Å²) in [6.45, 7) is -0.146. The third kappa shape index (κ3) is 3.75. The van der Waals surface area contributed by atoms with Crippen LogP contribution in [-0.4, -0.2) is 37.1 Å². The number of nitrogens with one attached hydrogen (secondary N) is 1. The third-order valence-electron chi connectivity index (χ3n) is 3.23. The molecular formula is C15H12N6O4. The Bertz CT molecular complexity index is 948. The molecule has 0 atom stereocenters. The van der Waals surface area contributed by atoms with Gasteiger partial charge < -0.3 is 5.11 Å². The summed E-state index contributed by atoms with van der Waals surface area (Å²) in [5.41, 5.74) is 3.49. The Morgan fingerprint density at radius 3 is 2.60 bits per heavy atom. The maximum atomic E-state index is 11.8. The molecular weight excluding hydrogens is 328 g/mol. The Morgan fingerprint density at radius 2 is 1.96 bits per heavy atom. The van der Waals surface area contributed by atoms with Gasteiger partial charge in [-0.3, -0.25) is 14.9 Å². The zero-order valence-electron chi connectivity index (χ0n) is 12.7. The van der Waals surface area contributed by atoms with E-state index in [-0.39, 0.29) is 23.5 Å². The van der Waals surface area contributed by atoms with Crippen LogP contribution in [0.2, 0.25) is 0 Å². The highest BCUT2D eigenvalue weighted by molar-refractivity contribution is 5.86. The smallest absolute Gasteiger partial charge is 0.270 e. The van der Waals surface area contributed by atoms with E-state index in [1.807, 2.05) is 12.1 Å². The SMILES string of the molecule is O=C(Cn1nc2ccccc2n1)NN=Cc1cc([N+](=O)[O-])ccc1O. The van der Waals surface area contributed by atoms with E-state index in [1.165, 1.54) is 16.9 Å². The molecule has 3 rings (SSSR count). The van der Waals surface area contributed by atoms with Crippen molar-refractivity contribution in [3.63, 3.8) is 0 Å². The van der Waals surface area contributed by atoms with Crippen molar-refractivity contribution in [2.24, 2.45) is 5.10 Å². The summed E-state index contributed by atoms with van der Waals surface area (Å²) < 4.78 is 0. The molecule has 1 aromatic heterocycles. The van der Waals surface area contributed by atoms with Gasteiger partial charge in [-0.1, -0.05) is 12.1 Å². The average Bonchev–Trinajstić information content (AvgIpc) is 2.98. The summed E-state index contributed by atoms with van der Waals surface area (Å²) in [5, 5.41) is 32.3. The van der Waals surface area contributed by atoms with Crippen molar-refractivity contribution in [1.82, 2.24) is 20.4 Å². The number of aromatic hydroxyl groups is 1. The predicted octanol–water partition coefficient (Wildman–Crippen LogP) is 1.20. The summed E-state index contributed by atoms with van der Waals surface area (Å²) in [7, 11) is 0. The number of hydrogen-bond donors (Lipinski definition) is 2. The molecule has 2 N–H and O–H groups in total. The van der Waals surface area contributed by atoms with Crippen molar-refractivity contribution < 1.29 is 14.8 Å². The number of nitro groups is 1. The molecule has 1 heterocycles. The van der Waals surface area contributed by atoms with E-state index in [9.17, 15) is 20.0 Å². The molecule has 0 saturated carbocycles. The first-order chi connectivity index (χ1) is 12.0. The van der Waals surface area contributed by atoms with Gasteiger partial charge in [0.25, 0.3) is 11.6 Å². The van der Waals surface area contributed by atoms with Crippen LogP contribution < -0.4 is 5.43 Å². The van der Waals surface area contributed by atoms with Crippen LogP contribution in [0.1, 0.15) is 5.56 Å². The Morgan fingerprint density at radius 1 is 1.28 bits per heavy atom. The van der Waals surface area contributed by atoms with Gasteiger partial charge in [0.15, 0.2) is 0 Å². The lowest BCUT2D eigenvalue weighted by atomic mass is 10.2. The predicted molar refractivity (Wildman–Crippen MR) is 88.0 cm³/mol. The number of rotatable bonds is 5. The number of carbonyl (C=O) groups excluding carboxylic acids is 1. The highest BCUT2D eigenvalue weighted by atomic mass is 16.6. The molecule has 126 valence electrons. The van der Waals surface area contributed by atoms with Gasteiger partial charge in [-0.25, -0.2) is 5.43 Å². The second-order valence-electron chi connectivity index (χ2n) is 5.01. The Kier molecular flexibility index (Phi) is 4.33. The first kappa shape index (κ1) is 16.1. The van der Waals surface area contributed by atoms with Crippen molar-refractivity contribution in [3.05, 3.63) is 58.1 Å². The van der Waals surface area contributed by atoms with Crippen molar-refractivity contribution in [1.29, 1.82) is 0 Å². The number of phenols is 1. The molecule has 0 aliphatic heterocycles. The molecule has 3 aromatic rings. The number of fused-ring (bicyclic) bond motifs is 1. The van der Waals surface area contributed by atoms with E-state index in [2.05, 4.69) is 20.7 Å². The number of hydrazone groups is 1. The van der Waals surface area contributed by atoms with Gasteiger partial charge >= 0.3 is 0 Å². The van der Waals surface area contributed by atoms with E-state index < -0.39 is 10.8 Å². The minimum Gasteiger partial charge on any atom is -0.507 e. The highest BCUT2D eigenvalue weighted by Gasteiger charge is 2.09. The summed E-state index contributed by atoms with van der Waals surface area (Å²) in [4.78, 5) is 23.2. The lowest BCUT2D eigenvalue weighted by Crippen LogP contribution is -2.24. The number of benzene rings is 2. The fourth-order valence-corrected chi connectivity index (χ4v) is 2.07. The molecule has 0 aliphatic rings. The first-order valence-electron chi connectivity index (χ1n) is 7.12. The molecule has 25 heavy (non-hydrogen) atoms. The molecule has 0 fully saturated rings. The molecule has 0 radical (unpaired) electrons. The highest BCUT2D eigenvalue weighted by Crippen LogP contribution is 2.21. The third-order valence-corrected chi connectivity index (χ3v) is 3.23. The number of nitrogens with zero attached hydrogens (tertiary/aromatic N) is 5. The molecule has 10 nitrogen and oxygen atoms in total. The average molecular weight is 340 g/mol. The van der Waals surface area contributed by atoms with Crippen molar-refractivity contribution >= 4 is 28.8 Å². The zero-order chi connectivity index (χ0) is 17.8. The summed E-state index contributed by atoms with van der Waals surface area (Å²) in [5.74, 6) is -0.676. The van der Waals surface area contributed by atoms with Crippen LogP contribution in [0.25, 0.3) is 11.0 Å². The van der Waals surface area contributed by atoms with Gasteiger partial charge in [-0.05, 0) is 18.2 Å². The van der Waals surface area contributed by atoms with Crippen molar-refractivity contribution in [2.45, 2.75) is 6.54 Å². The van der Waals surface area contributed by atoms with Gasteiger partial charge in [-0.15, -0.1) is 0 Å². The van der Waals surface area contributed by atoms with Gasteiger partial charge in [0.2, 0.25) is 0 Å². The molecule has 0 aliphatic carbocycles. The zero-order valence-corrected chi connectivity index (χ0v) is 12.7. The Hall–Kier alpha value is -3.82. The standard InChI is InChI=1S/C15H12N6O4/c22-14-6-5-11(21(24)25)7-10(14)8-16-17-15(23)9-20-18-12-3-1-2-4-13(12)19-20/h1-8,22H,9H2,(H,17,23). The Balaban J connectivity index is 1.64. The van der Waals surface area contributed by atoms with E-state index >= 15 is 0 Å². The lowest BCUT2D eigenvalue weighted by molar-refractivity contribution is -0.384. The first-order valence-corrected chi connectivity index (χ1v) is 7.12. The summed E-state index contributed by atoms with van der Waals surface area (Å²) in [6.07, 6.45) is 1.12. The van der Waals surface area contributed by atoms with E-state index in [0.29, 0.717) is 11.0 Å². The summed E-state index contributed by atoms with van der Waals surface area (Å²) in [6, 6.07) is 10.7. The van der Waals surface area contributed by atoms with Crippen LogP contribution in [0.15, 0.2) is 47.6 Å². The van der Waals surface area contributed by atoms with Gasteiger partial charge in [0, 0.05) is 17.7 Å². The monoisotopic (exact) mass is 340 g/mol. The number of carbonyl (C=O) groups is 1. The van der Waals surface area contributed by atoms with Crippen LogP contribution in [0.5, 0.6) is 5.75 Å². The van der Waals surface area contributed by atoms with Crippen LogP contribution in [-0.2, 0) is 11.3 Å². The molecule has 0 bridgehead atoms. The van der Waals surface area contributed by atoms with Crippen LogP contribution in [0.4, 0.5) is 5.69 Å². The second kappa shape index (κ2) is 6.74. The number of hydrogen-bond acceptors (Lipinski definition) is 7. The normalized spacial score (nSPS) is 11.0. The summed E-state index contributed by atoms with van der Waals surface area (Å²) >= 11 is 0. The van der Waals surface area contributed by atoms with E-state index in [1.54, 1.807) is 12.1 Å². The maximum Gasteiger partial charge on any atom is 0.270 e. The minimum absolute atomic E-state index is 0.109. The van der Waals surface area contributed by atoms with E-state index in [0.717, 1.165) is 12.3 Å².